The zero-order valence-electron chi connectivity index (χ0n) is 14.0. The second-order valence-electron chi connectivity index (χ2n) is 6.95. The molecule has 1 aromatic rings. The Morgan fingerprint density at radius 3 is 2.52 bits per heavy atom. The third-order valence-corrected chi connectivity index (χ3v) is 3.59. The van der Waals surface area contributed by atoms with E-state index in [1.165, 1.54) is 0 Å². The van der Waals surface area contributed by atoms with Gasteiger partial charge in [-0.25, -0.2) is 4.79 Å². The third-order valence-electron chi connectivity index (χ3n) is 3.59. The van der Waals surface area contributed by atoms with E-state index in [1.807, 2.05) is 36.1 Å². The minimum Gasteiger partial charge on any atom is -0.480 e. The summed E-state index contributed by atoms with van der Waals surface area (Å²) < 4.78 is 5.20. The number of alkyl carbamates (subject to hydrolysis) is 1. The van der Waals surface area contributed by atoms with Gasteiger partial charge in [0, 0.05) is 13.1 Å². The molecule has 1 amide bonds. The lowest BCUT2D eigenvalue weighted by molar-refractivity contribution is -0.145. The minimum atomic E-state index is -0.883. The molecule has 1 saturated heterocycles. The molecule has 2 N–H and O–H groups in total. The number of aliphatic carboxylic acids is 1. The number of ether oxygens (including phenoxy) is 1. The largest absolute Gasteiger partial charge is 0.480 e. The number of hydrogen-bond acceptors (Lipinski definition) is 4. The lowest BCUT2D eigenvalue weighted by atomic mass is 9.98. The Bertz CT molecular complexity index is 589. The molecule has 1 aliphatic rings. The Kier molecular flexibility index (Phi) is 4.94. The Balaban J connectivity index is 1.93. The average Bonchev–Trinajstić information content (AvgIpc) is 2.33. The van der Waals surface area contributed by atoms with E-state index in [0.717, 1.165) is 11.1 Å². The molecule has 6 nitrogen and oxygen atoms in total. The molecule has 2 rings (SSSR count). The normalized spacial score (nSPS) is 17.2. The predicted molar refractivity (Wildman–Crippen MR) is 86.3 cm³/mol. The van der Waals surface area contributed by atoms with Gasteiger partial charge in [-0.3, -0.25) is 9.69 Å². The number of aryl methyl sites for hydroxylation is 1. The van der Waals surface area contributed by atoms with Crippen LogP contribution >= 0.6 is 0 Å². The summed E-state index contributed by atoms with van der Waals surface area (Å²) in [6.45, 7) is 8.33. The average molecular weight is 320 g/mol. The maximum atomic E-state index is 11.7. The standard InChI is InChI=1S/C17H24N2O4/c1-11-6-5-7-12(8-11)14(15(20)21)19-9-13(10-19)18-16(22)23-17(2,3)4/h5-8,13-14H,9-10H2,1-4H3,(H,18,22)(H,20,21). The highest BCUT2D eigenvalue weighted by atomic mass is 16.6. The second kappa shape index (κ2) is 6.58. The van der Waals surface area contributed by atoms with Gasteiger partial charge >= 0.3 is 12.1 Å². The number of likely N-dealkylation sites (tertiary alicyclic amines) is 1. The number of nitrogens with one attached hydrogen (secondary N) is 1. The molecule has 1 aromatic carbocycles. The summed E-state index contributed by atoms with van der Waals surface area (Å²) in [5, 5.41) is 12.3. The smallest absolute Gasteiger partial charge is 0.407 e. The molecule has 1 aliphatic heterocycles. The van der Waals surface area contributed by atoms with Crippen LogP contribution in [0.15, 0.2) is 24.3 Å². The van der Waals surface area contributed by atoms with Crippen LogP contribution in [-0.4, -0.2) is 46.8 Å². The van der Waals surface area contributed by atoms with Gasteiger partial charge in [0.25, 0.3) is 0 Å². The number of amides is 1. The predicted octanol–water partition coefficient (Wildman–Crippen LogP) is 2.33. The summed E-state index contributed by atoms with van der Waals surface area (Å²) in [5.41, 5.74) is 1.24. The maximum Gasteiger partial charge on any atom is 0.407 e. The van der Waals surface area contributed by atoms with Crippen LogP contribution in [0.4, 0.5) is 4.79 Å². The highest BCUT2D eigenvalue weighted by molar-refractivity contribution is 5.76. The molecule has 0 aliphatic carbocycles. The van der Waals surface area contributed by atoms with E-state index in [-0.39, 0.29) is 6.04 Å². The van der Waals surface area contributed by atoms with Crippen LogP contribution in [0.25, 0.3) is 0 Å². The number of benzene rings is 1. The summed E-state index contributed by atoms with van der Waals surface area (Å²) in [6, 6.07) is 6.72. The number of carboxylic acids is 1. The molecule has 0 aromatic heterocycles. The van der Waals surface area contributed by atoms with Crippen molar-refractivity contribution in [1.29, 1.82) is 0 Å². The fourth-order valence-corrected chi connectivity index (χ4v) is 2.64. The topological polar surface area (TPSA) is 78.9 Å². The van der Waals surface area contributed by atoms with Crippen molar-refractivity contribution in [2.75, 3.05) is 13.1 Å². The number of carboxylic acid groups (broad SMARTS) is 1. The maximum absolute atomic E-state index is 11.7. The molecule has 0 radical (unpaired) electrons. The SMILES string of the molecule is Cc1cccc(C(C(=O)O)N2CC(NC(=O)OC(C)(C)C)C2)c1. The number of carbonyl (C=O) groups excluding carboxylic acids is 1. The van der Waals surface area contributed by atoms with E-state index in [2.05, 4.69) is 5.32 Å². The van der Waals surface area contributed by atoms with Crippen LogP contribution in [0.3, 0.4) is 0 Å². The monoisotopic (exact) mass is 320 g/mol. The first-order valence-electron chi connectivity index (χ1n) is 7.68. The number of rotatable bonds is 4. The minimum absolute atomic E-state index is 0.0866. The van der Waals surface area contributed by atoms with E-state index in [0.29, 0.717) is 13.1 Å². The summed E-state index contributed by atoms with van der Waals surface area (Å²) in [7, 11) is 0. The van der Waals surface area contributed by atoms with Gasteiger partial charge in [-0.1, -0.05) is 29.8 Å². The summed E-state index contributed by atoms with van der Waals surface area (Å²) >= 11 is 0. The van der Waals surface area contributed by atoms with Gasteiger partial charge in [-0.2, -0.15) is 0 Å². The van der Waals surface area contributed by atoms with E-state index in [4.69, 9.17) is 4.74 Å². The second-order valence-corrected chi connectivity index (χ2v) is 6.95. The molecular weight excluding hydrogens is 296 g/mol. The van der Waals surface area contributed by atoms with Gasteiger partial charge in [-0.05, 0) is 33.3 Å². The summed E-state index contributed by atoms with van der Waals surface area (Å²) in [4.78, 5) is 25.2. The van der Waals surface area contributed by atoms with E-state index in [9.17, 15) is 14.7 Å². The van der Waals surface area contributed by atoms with Crippen molar-refractivity contribution in [3.8, 4) is 0 Å². The van der Waals surface area contributed by atoms with Gasteiger partial charge < -0.3 is 15.2 Å². The first-order chi connectivity index (χ1) is 10.7. The third kappa shape index (κ3) is 4.69. The van der Waals surface area contributed by atoms with Gasteiger partial charge in [0.05, 0.1) is 6.04 Å². The van der Waals surface area contributed by atoms with Crippen LogP contribution in [0.2, 0.25) is 0 Å². The van der Waals surface area contributed by atoms with Crippen molar-refractivity contribution >= 4 is 12.1 Å². The zero-order valence-corrected chi connectivity index (χ0v) is 14.0. The van der Waals surface area contributed by atoms with Gasteiger partial charge in [-0.15, -0.1) is 0 Å². The van der Waals surface area contributed by atoms with Crippen LogP contribution in [-0.2, 0) is 9.53 Å². The molecule has 0 spiro atoms. The van der Waals surface area contributed by atoms with Crippen LogP contribution in [0, 0.1) is 6.92 Å². The van der Waals surface area contributed by atoms with Crippen LogP contribution < -0.4 is 5.32 Å². The van der Waals surface area contributed by atoms with Crippen molar-refractivity contribution < 1.29 is 19.4 Å². The van der Waals surface area contributed by atoms with Crippen molar-refractivity contribution in [3.05, 3.63) is 35.4 Å². The van der Waals surface area contributed by atoms with Crippen LogP contribution in [0.1, 0.15) is 37.9 Å². The highest BCUT2D eigenvalue weighted by Gasteiger charge is 2.38. The Hall–Kier alpha value is -2.08. The molecule has 0 saturated carbocycles. The Morgan fingerprint density at radius 1 is 1.35 bits per heavy atom. The highest BCUT2D eigenvalue weighted by Crippen LogP contribution is 2.27. The molecule has 23 heavy (non-hydrogen) atoms. The van der Waals surface area contributed by atoms with Crippen LogP contribution in [0.5, 0.6) is 0 Å². The molecule has 1 atom stereocenters. The van der Waals surface area contributed by atoms with E-state index < -0.39 is 23.7 Å². The van der Waals surface area contributed by atoms with Gasteiger partial charge in [0.2, 0.25) is 0 Å². The Morgan fingerprint density at radius 2 is 2.00 bits per heavy atom. The zero-order chi connectivity index (χ0) is 17.2. The quantitative estimate of drug-likeness (QED) is 0.890. The number of hydrogen-bond donors (Lipinski definition) is 2. The van der Waals surface area contributed by atoms with Crippen molar-refractivity contribution in [3.63, 3.8) is 0 Å². The molecule has 6 heteroatoms. The van der Waals surface area contributed by atoms with Gasteiger partial charge in [0.1, 0.15) is 11.6 Å². The molecular formula is C17H24N2O4. The van der Waals surface area contributed by atoms with E-state index >= 15 is 0 Å². The van der Waals surface area contributed by atoms with E-state index in [1.54, 1.807) is 20.8 Å². The van der Waals surface area contributed by atoms with Crippen molar-refractivity contribution in [1.82, 2.24) is 10.2 Å². The van der Waals surface area contributed by atoms with Crippen molar-refractivity contribution in [2.24, 2.45) is 0 Å². The molecule has 126 valence electrons. The lowest BCUT2D eigenvalue weighted by Gasteiger charge is -2.43. The summed E-state index contributed by atoms with van der Waals surface area (Å²) in [5.74, 6) is -0.883. The summed E-state index contributed by atoms with van der Waals surface area (Å²) in [6.07, 6.45) is -0.468. The fourth-order valence-electron chi connectivity index (χ4n) is 2.64. The molecule has 1 fully saturated rings. The molecule has 1 unspecified atom stereocenters. The fraction of sp³-hybridized carbons (Fsp3) is 0.529. The van der Waals surface area contributed by atoms with Gasteiger partial charge in [0.15, 0.2) is 0 Å². The Labute approximate surface area is 136 Å². The molecule has 0 bridgehead atoms. The first-order valence-corrected chi connectivity index (χ1v) is 7.68. The molecule has 1 heterocycles. The number of nitrogens with zero attached hydrogens (tertiary/aromatic N) is 1. The lowest BCUT2D eigenvalue weighted by Crippen LogP contribution is -2.61. The number of carbonyl (C=O) groups is 2. The first kappa shape index (κ1) is 17.3. The van der Waals surface area contributed by atoms with Crippen molar-refractivity contribution in [2.45, 2.75) is 45.4 Å².